The van der Waals surface area contributed by atoms with Crippen molar-refractivity contribution in [3.8, 4) is 0 Å². The summed E-state index contributed by atoms with van der Waals surface area (Å²) in [6.07, 6.45) is -2.36. The Morgan fingerprint density at radius 2 is 1.73 bits per heavy atom. The Hall–Kier alpha value is -0.740. The van der Waals surface area contributed by atoms with Gasteiger partial charge in [-0.2, -0.15) is 13.2 Å². The molecule has 0 spiro atoms. The molecule has 1 atom stereocenters. The van der Waals surface area contributed by atoms with Crippen LogP contribution in [0.25, 0.3) is 0 Å². The SMILES string of the molecule is FC(F)(F)C(Cl)N=[C]c1ccc(Cl)cc1. The van der Waals surface area contributed by atoms with Gasteiger partial charge in [-0.3, -0.25) is 4.99 Å². The summed E-state index contributed by atoms with van der Waals surface area (Å²) in [6, 6.07) is 6.03. The van der Waals surface area contributed by atoms with Gasteiger partial charge in [-0.15, -0.1) is 0 Å². The maximum Gasteiger partial charge on any atom is 0.424 e. The van der Waals surface area contributed by atoms with Gasteiger partial charge >= 0.3 is 6.18 Å². The topological polar surface area (TPSA) is 12.4 Å². The van der Waals surface area contributed by atoms with E-state index in [9.17, 15) is 13.2 Å². The normalized spacial score (nSPS) is 14.5. The van der Waals surface area contributed by atoms with Crippen molar-refractivity contribution in [3.05, 3.63) is 34.9 Å². The van der Waals surface area contributed by atoms with Crippen LogP contribution in [0.3, 0.4) is 0 Å². The van der Waals surface area contributed by atoms with Crippen LogP contribution in [-0.4, -0.2) is 17.9 Å². The van der Waals surface area contributed by atoms with Gasteiger partial charge in [0.25, 0.3) is 0 Å². The van der Waals surface area contributed by atoms with Crippen molar-refractivity contribution in [2.45, 2.75) is 11.7 Å². The minimum atomic E-state index is -4.55. The molecule has 0 amide bonds. The van der Waals surface area contributed by atoms with Gasteiger partial charge in [0, 0.05) is 10.6 Å². The fourth-order valence-corrected chi connectivity index (χ4v) is 0.904. The summed E-state index contributed by atoms with van der Waals surface area (Å²) in [4.78, 5) is 3.04. The summed E-state index contributed by atoms with van der Waals surface area (Å²) in [5, 5.41) is 0.485. The fourth-order valence-electron chi connectivity index (χ4n) is 0.729. The number of nitrogens with zero attached hydrogens (tertiary/aromatic N) is 1. The van der Waals surface area contributed by atoms with Gasteiger partial charge in [0.1, 0.15) is 0 Å². The van der Waals surface area contributed by atoms with Crippen molar-refractivity contribution < 1.29 is 13.2 Å². The molecule has 1 unspecified atom stereocenters. The van der Waals surface area contributed by atoms with E-state index in [4.69, 9.17) is 23.2 Å². The quantitative estimate of drug-likeness (QED) is 0.433. The molecule has 0 fully saturated rings. The van der Waals surface area contributed by atoms with Crippen LogP contribution in [0.4, 0.5) is 13.2 Å². The molecule has 1 radical (unpaired) electrons. The fraction of sp³-hybridized carbons (Fsp3) is 0.222. The highest BCUT2D eigenvalue weighted by Gasteiger charge is 2.37. The molecule has 15 heavy (non-hydrogen) atoms. The first-order chi connectivity index (χ1) is 6.89. The zero-order valence-corrected chi connectivity index (χ0v) is 8.74. The first-order valence-corrected chi connectivity index (χ1v) is 4.63. The molecule has 0 aliphatic rings. The summed E-state index contributed by atoms with van der Waals surface area (Å²) in [7, 11) is 0. The van der Waals surface area contributed by atoms with Crippen LogP contribution >= 0.6 is 23.2 Å². The molecule has 81 valence electrons. The minimum Gasteiger partial charge on any atom is -0.253 e. The van der Waals surface area contributed by atoms with E-state index in [1.54, 1.807) is 0 Å². The zero-order valence-electron chi connectivity index (χ0n) is 7.22. The molecule has 0 N–H and O–H groups in total. The van der Waals surface area contributed by atoms with Gasteiger partial charge in [0.2, 0.25) is 5.50 Å². The van der Waals surface area contributed by atoms with Crippen LogP contribution in [-0.2, 0) is 0 Å². The van der Waals surface area contributed by atoms with Crippen LogP contribution in [0.5, 0.6) is 0 Å². The van der Waals surface area contributed by atoms with Crippen molar-refractivity contribution in [2.24, 2.45) is 4.99 Å². The lowest BCUT2D eigenvalue weighted by Gasteiger charge is -2.07. The molecule has 0 saturated carbocycles. The Morgan fingerprint density at radius 1 is 1.20 bits per heavy atom. The number of hydrogen-bond acceptors (Lipinski definition) is 1. The van der Waals surface area contributed by atoms with Crippen molar-refractivity contribution in [1.29, 1.82) is 0 Å². The highest BCUT2D eigenvalue weighted by atomic mass is 35.5. The van der Waals surface area contributed by atoms with E-state index >= 15 is 0 Å². The van der Waals surface area contributed by atoms with Crippen LogP contribution in [0, 0.1) is 0 Å². The summed E-state index contributed by atoms with van der Waals surface area (Å²) in [5.74, 6) is 0. The Balaban J connectivity index is 2.70. The molecule has 1 nitrogen and oxygen atoms in total. The Labute approximate surface area is 94.5 Å². The van der Waals surface area contributed by atoms with E-state index in [0.29, 0.717) is 10.6 Å². The highest BCUT2D eigenvalue weighted by molar-refractivity contribution is 6.30. The standard InChI is InChI=1S/C9H5Cl2F3N/c10-7-3-1-6(2-4-7)5-15-8(11)9(12,13)14/h1-4,8H. The monoisotopic (exact) mass is 254 g/mol. The van der Waals surface area contributed by atoms with E-state index < -0.39 is 11.7 Å². The first kappa shape index (κ1) is 12.3. The van der Waals surface area contributed by atoms with Crippen LogP contribution in [0.15, 0.2) is 29.3 Å². The third-order valence-corrected chi connectivity index (χ3v) is 2.02. The molecule has 6 heteroatoms. The average molecular weight is 255 g/mol. The smallest absolute Gasteiger partial charge is 0.253 e. The number of benzene rings is 1. The average Bonchev–Trinajstić information content (AvgIpc) is 2.15. The predicted octanol–water partition coefficient (Wildman–Crippen LogP) is 3.76. The third-order valence-electron chi connectivity index (χ3n) is 1.42. The molecular formula is C9H5Cl2F3N. The molecule has 0 aromatic heterocycles. The molecule has 0 bridgehead atoms. The summed E-state index contributed by atoms with van der Waals surface area (Å²) < 4.78 is 35.8. The van der Waals surface area contributed by atoms with Crippen LogP contribution in [0.2, 0.25) is 5.02 Å². The molecule has 1 aromatic carbocycles. The second-order valence-electron chi connectivity index (χ2n) is 2.63. The minimum absolute atomic E-state index is 0.384. The highest BCUT2D eigenvalue weighted by Crippen LogP contribution is 2.25. The third kappa shape index (κ3) is 4.10. The summed E-state index contributed by atoms with van der Waals surface area (Å²) >= 11 is 10.5. The number of halogens is 5. The Morgan fingerprint density at radius 3 is 2.20 bits per heavy atom. The van der Waals surface area contributed by atoms with Crippen molar-refractivity contribution in [3.63, 3.8) is 0 Å². The number of aliphatic imine (C=N–C) groups is 1. The van der Waals surface area contributed by atoms with Gasteiger partial charge < -0.3 is 0 Å². The number of rotatable bonds is 2. The van der Waals surface area contributed by atoms with Crippen molar-refractivity contribution in [1.82, 2.24) is 0 Å². The lowest BCUT2D eigenvalue weighted by atomic mass is 10.2. The molecule has 0 heterocycles. The van der Waals surface area contributed by atoms with Crippen LogP contribution in [0.1, 0.15) is 5.56 Å². The largest absolute Gasteiger partial charge is 0.424 e. The maximum absolute atomic E-state index is 11.9. The van der Waals surface area contributed by atoms with Gasteiger partial charge in [-0.1, -0.05) is 35.3 Å². The lowest BCUT2D eigenvalue weighted by Crippen LogP contribution is -2.21. The molecule has 1 rings (SSSR count). The summed E-state index contributed by atoms with van der Waals surface area (Å²) in [6.45, 7) is 0. The number of hydrogen-bond donors (Lipinski definition) is 0. The van der Waals surface area contributed by atoms with Crippen molar-refractivity contribution >= 4 is 29.4 Å². The van der Waals surface area contributed by atoms with E-state index in [1.165, 1.54) is 24.3 Å². The lowest BCUT2D eigenvalue weighted by molar-refractivity contribution is -0.128. The molecule has 1 aromatic rings. The second-order valence-corrected chi connectivity index (χ2v) is 3.48. The van der Waals surface area contributed by atoms with Crippen molar-refractivity contribution in [2.75, 3.05) is 0 Å². The van der Waals surface area contributed by atoms with Gasteiger partial charge in [-0.05, 0) is 12.1 Å². The van der Waals surface area contributed by atoms with Crippen LogP contribution < -0.4 is 0 Å². The molecule has 0 saturated heterocycles. The van der Waals surface area contributed by atoms with E-state index in [0.717, 1.165) is 0 Å². The van der Waals surface area contributed by atoms with E-state index in [-0.39, 0.29) is 0 Å². The second kappa shape index (κ2) is 4.86. The van der Waals surface area contributed by atoms with E-state index in [2.05, 4.69) is 11.2 Å². The first-order valence-electron chi connectivity index (χ1n) is 3.82. The molecule has 0 aliphatic carbocycles. The Bertz CT molecular complexity index is 345. The van der Waals surface area contributed by atoms with Gasteiger partial charge in [-0.25, -0.2) is 0 Å². The van der Waals surface area contributed by atoms with Gasteiger partial charge in [0.05, 0.1) is 6.21 Å². The predicted molar refractivity (Wildman–Crippen MR) is 53.7 cm³/mol. The molecule has 0 aliphatic heterocycles. The summed E-state index contributed by atoms with van der Waals surface area (Å²) in [5.41, 5.74) is -1.89. The maximum atomic E-state index is 11.9. The number of alkyl halides is 4. The molecular weight excluding hydrogens is 250 g/mol. The zero-order chi connectivity index (χ0) is 11.5. The Kier molecular flexibility index (Phi) is 3.99. The van der Waals surface area contributed by atoms with Gasteiger partial charge in [0.15, 0.2) is 0 Å². The van der Waals surface area contributed by atoms with E-state index in [1.807, 2.05) is 0 Å².